The number of aromatic amines is 1. The highest BCUT2D eigenvalue weighted by molar-refractivity contribution is 8.00. The molecule has 136 valence electrons. The Bertz CT molecular complexity index is 1030. The lowest BCUT2D eigenvalue weighted by molar-refractivity contribution is -0.117. The Labute approximate surface area is 158 Å². The Morgan fingerprint density at radius 3 is 2.85 bits per heavy atom. The highest BCUT2D eigenvalue weighted by Crippen LogP contribution is 2.37. The fraction of sp³-hybridized carbons (Fsp3) is 0.278. The van der Waals surface area contributed by atoms with Gasteiger partial charge in [0.25, 0.3) is 5.56 Å². The van der Waals surface area contributed by atoms with E-state index in [1.807, 2.05) is 37.4 Å². The zero-order chi connectivity index (χ0) is 18.8. The number of nitrogens with two attached hydrogens (primary N) is 1. The number of ether oxygens (including phenoxy) is 1. The van der Waals surface area contributed by atoms with Crippen molar-refractivity contribution >= 4 is 39.2 Å². The molecule has 0 radical (unpaired) electrons. The first-order valence-corrected chi connectivity index (χ1v) is 9.83. The maximum atomic E-state index is 12.7. The number of benzene rings is 1. The number of rotatable bonds is 6. The van der Waals surface area contributed by atoms with Crippen molar-refractivity contribution in [2.45, 2.75) is 30.7 Å². The molecule has 3 rings (SSSR count). The van der Waals surface area contributed by atoms with Crippen LogP contribution in [-0.2, 0) is 4.79 Å². The molecule has 0 spiro atoms. The van der Waals surface area contributed by atoms with Crippen molar-refractivity contribution in [2.24, 2.45) is 5.73 Å². The zero-order valence-corrected chi connectivity index (χ0v) is 16.3. The molecule has 0 fully saturated rings. The number of thiophene rings is 1. The SMILES string of the molecule is CCC(Sc1nc2scc(-c3cc(C)ccc3OC)c2c(=O)[nH]1)C(N)=O. The van der Waals surface area contributed by atoms with Crippen molar-refractivity contribution in [1.29, 1.82) is 0 Å². The van der Waals surface area contributed by atoms with Gasteiger partial charge < -0.3 is 15.5 Å². The van der Waals surface area contributed by atoms with Gasteiger partial charge in [0.2, 0.25) is 5.91 Å². The van der Waals surface area contributed by atoms with Crippen LogP contribution < -0.4 is 16.0 Å². The van der Waals surface area contributed by atoms with Gasteiger partial charge in [0.05, 0.1) is 17.7 Å². The minimum absolute atomic E-state index is 0.239. The Kier molecular flexibility index (Phi) is 5.33. The second-order valence-corrected chi connectivity index (χ2v) is 7.87. The third-order valence-electron chi connectivity index (χ3n) is 4.01. The van der Waals surface area contributed by atoms with E-state index < -0.39 is 11.2 Å². The quantitative estimate of drug-likeness (QED) is 0.498. The smallest absolute Gasteiger partial charge is 0.260 e. The van der Waals surface area contributed by atoms with Gasteiger partial charge in [0.1, 0.15) is 10.6 Å². The van der Waals surface area contributed by atoms with Crippen molar-refractivity contribution < 1.29 is 9.53 Å². The highest BCUT2D eigenvalue weighted by atomic mass is 32.2. The molecule has 2 aromatic heterocycles. The van der Waals surface area contributed by atoms with Gasteiger partial charge in [0.15, 0.2) is 5.16 Å². The second kappa shape index (κ2) is 7.51. The van der Waals surface area contributed by atoms with E-state index >= 15 is 0 Å². The largest absolute Gasteiger partial charge is 0.496 e. The first-order chi connectivity index (χ1) is 12.4. The van der Waals surface area contributed by atoms with Gasteiger partial charge in [-0.15, -0.1) is 11.3 Å². The minimum atomic E-state index is -0.424. The van der Waals surface area contributed by atoms with Crippen LogP contribution in [0.5, 0.6) is 5.75 Å². The van der Waals surface area contributed by atoms with E-state index in [0.717, 1.165) is 16.7 Å². The molecule has 26 heavy (non-hydrogen) atoms. The van der Waals surface area contributed by atoms with E-state index in [9.17, 15) is 9.59 Å². The molecule has 0 saturated carbocycles. The molecule has 0 aliphatic heterocycles. The molecule has 6 nitrogen and oxygen atoms in total. The van der Waals surface area contributed by atoms with Gasteiger partial charge in [-0.2, -0.15) is 0 Å². The number of fused-ring (bicyclic) bond motifs is 1. The van der Waals surface area contributed by atoms with E-state index in [-0.39, 0.29) is 5.56 Å². The monoisotopic (exact) mass is 389 g/mol. The van der Waals surface area contributed by atoms with Gasteiger partial charge in [-0.1, -0.05) is 30.3 Å². The topological polar surface area (TPSA) is 98.1 Å². The summed E-state index contributed by atoms with van der Waals surface area (Å²) in [5.41, 5.74) is 7.86. The summed E-state index contributed by atoms with van der Waals surface area (Å²) in [5.74, 6) is 0.282. The Morgan fingerprint density at radius 1 is 1.42 bits per heavy atom. The molecular formula is C18H19N3O3S2. The fourth-order valence-corrected chi connectivity index (χ4v) is 4.54. The van der Waals surface area contributed by atoms with Crippen LogP contribution in [0.25, 0.3) is 21.3 Å². The zero-order valence-electron chi connectivity index (χ0n) is 14.7. The molecule has 0 aliphatic carbocycles. The standard InChI is InChI=1S/C18H19N3O3S2/c1-4-13(15(19)22)26-18-20-16(23)14-11(8-25-17(14)21-18)10-7-9(2)5-6-12(10)24-3/h5-8,13H,4H2,1-3H3,(H2,19,22)(H,20,21,23). The lowest BCUT2D eigenvalue weighted by atomic mass is 10.0. The molecule has 3 N–H and O–H groups in total. The van der Waals surface area contributed by atoms with Crippen LogP contribution >= 0.6 is 23.1 Å². The van der Waals surface area contributed by atoms with Crippen LogP contribution in [0.3, 0.4) is 0 Å². The minimum Gasteiger partial charge on any atom is -0.496 e. The summed E-state index contributed by atoms with van der Waals surface area (Å²) in [6.45, 7) is 3.86. The summed E-state index contributed by atoms with van der Waals surface area (Å²) < 4.78 is 5.45. The number of aryl methyl sites for hydroxylation is 1. The number of amides is 1. The van der Waals surface area contributed by atoms with Crippen molar-refractivity contribution in [1.82, 2.24) is 9.97 Å². The third kappa shape index (κ3) is 3.47. The van der Waals surface area contributed by atoms with E-state index in [2.05, 4.69) is 9.97 Å². The Balaban J connectivity index is 2.11. The highest BCUT2D eigenvalue weighted by Gasteiger charge is 2.19. The average molecular weight is 390 g/mol. The van der Waals surface area contributed by atoms with Crippen LogP contribution in [0.15, 0.2) is 33.5 Å². The Morgan fingerprint density at radius 2 is 2.19 bits per heavy atom. The first-order valence-electron chi connectivity index (χ1n) is 8.07. The van der Waals surface area contributed by atoms with Crippen molar-refractivity contribution in [3.63, 3.8) is 0 Å². The molecule has 2 heterocycles. The fourth-order valence-electron chi connectivity index (χ4n) is 2.69. The number of nitrogens with zero attached hydrogens (tertiary/aromatic N) is 1. The second-order valence-electron chi connectivity index (χ2n) is 5.82. The maximum absolute atomic E-state index is 12.7. The summed E-state index contributed by atoms with van der Waals surface area (Å²) in [6.07, 6.45) is 0.567. The molecule has 3 aromatic rings. The predicted molar refractivity (Wildman–Crippen MR) is 106 cm³/mol. The van der Waals surface area contributed by atoms with Gasteiger partial charge in [-0.05, 0) is 25.5 Å². The lowest BCUT2D eigenvalue weighted by Crippen LogP contribution is -2.25. The van der Waals surface area contributed by atoms with Crippen molar-refractivity contribution in [3.05, 3.63) is 39.5 Å². The van der Waals surface area contributed by atoms with Crippen LogP contribution in [-0.4, -0.2) is 28.2 Å². The summed E-state index contributed by atoms with van der Waals surface area (Å²) in [7, 11) is 1.61. The van der Waals surface area contributed by atoms with Crippen molar-refractivity contribution in [2.75, 3.05) is 7.11 Å². The first kappa shape index (κ1) is 18.5. The Hall–Kier alpha value is -2.32. The number of methoxy groups -OCH3 is 1. The number of aromatic nitrogens is 2. The molecule has 0 bridgehead atoms. The van der Waals surface area contributed by atoms with Crippen LogP contribution in [0.2, 0.25) is 0 Å². The number of H-pyrrole nitrogens is 1. The number of carbonyl (C=O) groups excluding carboxylic acids is 1. The summed E-state index contributed by atoms with van der Waals surface area (Å²) >= 11 is 2.57. The third-order valence-corrected chi connectivity index (χ3v) is 6.15. The van der Waals surface area contributed by atoms with Crippen LogP contribution in [0.4, 0.5) is 0 Å². The summed E-state index contributed by atoms with van der Waals surface area (Å²) in [4.78, 5) is 32.1. The van der Waals surface area contributed by atoms with Crippen molar-refractivity contribution in [3.8, 4) is 16.9 Å². The number of nitrogens with one attached hydrogen (secondary N) is 1. The number of carbonyl (C=O) groups is 1. The van der Waals surface area contributed by atoms with Crippen LogP contribution in [0, 0.1) is 6.92 Å². The van der Waals surface area contributed by atoms with E-state index in [4.69, 9.17) is 10.5 Å². The average Bonchev–Trinajstić information content (AvgIpc) is 3.03. The number of hydrogen-bond donors (Lipinski definition) is 2. The molecule has 0 aliphatic rings. The van der Waals surface area contributed by atoms with Gasteiger partial charge in [0, 0.05) is 16.5 Å². The lowest BCUT2D eigenvalue weighted by Gasteiger charge is -2.10. The number of thioether (sulfide) groups is 1. The van der Waals surface area contributed by atoms with Crippen LogP contribution in [0.1, 0.15) is 18.9 Å². The number of primary amides is 1. The van der Waals surface area contributed by atoms with Gasteiger partial charge in [-0.25, -0.2) is 4.98 Å². The van der Waals surface area contributed by atoms with Gasteiger partial charge in [-0.3, -0.25) is 9.59 Å². The molecular weight excluding hydrogens is 370 g/mol. The van der Waals surface area contributed by atoms with Gasteiger partial charge >= 0.3 is 0 Å². The molecule has 1 unspecified atom stereocenters. The van der Waals surface area contributed by atoms with E-state index in [0.29, 0.717) is 27.5 Å². The summed E-state index contributed by atoms with van der Waals surface area (Å²) in [5, 5.41) is 2.41. The molecule has 0 saturated heterocycles. The molecule has 1 amide bonds. The molecule has 8 heteroatoms. The predicted octanol–water partition coefficient (Wildman–Crippen LogP) is 3.32. The van der Waals surface area contributed by atoms with E-state index in [1.165, 1.54) is 23.1 Å². The normalized spacial score (nSPS) is 12.3. The molecule has 1 atom stereocenters. The molecule has 1 aromatic carbocycles. The summed E-state index contributed by atoms with van der Waals surface area (Å²) in [6, 6.07) is 5.84. The van der Waals surface area contributed by atoms with E-state index in [1.54, 1.807) is 7.11 Å². The number of hydrogen-bond acceptors (Lipinski definition) is 6. The maximum Gasteiger partial charge on any atom is 0.260 e.